The topological polar surface area (TPSA) is 0 Å². The van der Waals surface area contributed by atoms with E-state index in [1.165, 1.54) is 0 Å². The minimum absolute atomic E-state index is 0. The van der Waals surface area contributed by atoms with E-state index in [0.717, 1.165) is 0 Å². The van der Waals surface area contributed by atoms with Crippen LogP contribution in [0.3, 0.4) is 0 Å². The molecule has 0 aliphatic heterocycles. The van der Waals surface area contributed by atoms with Gasteiger partial charge in [-0.15, -0.1) is 0 Å². The molecule has 0 radical (unpaired) electrons. The summed E-state index contributed by atoms with van der Waals surface area (Å²) >= 11 is 0. The lowest BCUT2D eigenvalue weighted by Crippen LogP contribution is -3.00. The third-order valence-corrected chi connectivity index (χ3v) is 0. The molecule has 0 saturated carbocycles. The van der Waals surface area contributed by atoms with Crippen LogP contribution in [-0.2, 0) is 0 Å². The summed E-state index contributed by atoms with van der Waals surface area (Å²) in [6.07, 6.45) is -4.00. The molecule has 0 aromatic rings. The Labute approximate surface area is 64.1 Å². The zero-order valence-corrected chi connectivity index (χ0v) is 6.04. The first-order valence-electron chi connectivity index (χ1n) is 1.07. The van der Waals surface area contributed by atoms with Crippen molar-refractivity contribution in [3.63, 3.8) is 0 Å². The molecule has 56 valence electrons. The van der Waals surface area contributed by atoms with E-state index in [1.807, 2.05) is 0 Å². The number of hydrogen-bond acceptors (Lipinski definition) is 0. The molecule has 0 N–H and O–H groups in total. The van der Waals surface area contributed by atoms with Crippen LogP contribution in [0.15, 0.2) is 0 Å². The van der Waals surface area contributed by atoms with Gasteiger partial charge in [0.15, 0.2) is 0 Å². The molecule has 0 unspecified atom stereocenters. The minimum Gasteiger partial charge on any atom is -1.00 e. The highest BCUT2D eigenvalue weighted by molar-refractivity contribution is 4.26. The summed E-state index contributed by atoms with van der Waals surface area (Å²) < 4.78 is 31.1. The van der Waals surface area contributed by atoms with Gasteiger partial charge in [-0.2, -0.15) is 13.2 Å². The lowest BCUT2D eigenvalue weighted by atomic mass is 10.8. The first-order valence-corrected chi connectivity index (χ1v) is 1.07. The molecule has 0 spiro atoms. The van der Waals surface area contributed by atoms with Gasteiger partial charge in [0, 0.05) is 6.92 Å². The van der Waals surface area contributed by atoms with Crippen molar-refractivity contribution >= 4 is 0 Å². The van der Waals surface area contributed by atoms with Crippen LogP contribution < -0.4 is 37.2 Å². The van der Waals surface area contributed by atoms with Crippen molar-refractivity contribution in [1.29, 1.82) is 0 Å². The maximum absolute atomic E-state index is 10.4. The first kappa shape index (κ1) is 23.4. The average Bonchev–Trinajstić information content (AvgIpc) is 0.722. The fraction of sp³-hybridized carbons (Fsp3) is 1.00. The molecule has 0 heterocycles. The molecule has 0 fully saturated rings. The van der Waals surface area contributed by atoms with E-state index in [1.54, 1.807) is 0 Å². The lowest BCUT2D eigenvalue weighted by Gasteiger charge is -1.88. The summed E-state index contributed by atoms with van der Waals surface area (Å²) in [5, 5.41) is 0. The van der Waals surface area contributed by atoms with Gasteiger partial charge in [-0.1, -0.05) is 0 Å². The Balaban J connectivity index is -0.0000000267. The first-order chi connectivity index (χ1) is 2.00. The Morgan fingerprint density at radius 3 is 0.875 bits per heavy atom. The Kier molecular flexibility index (Phi) is 22.4. The largest absolute Gasteiger partial charge is 1.00 e. The molecular weight excluding hydrogens is 187 g/mol. The van der Waals surface area contributed by atoms with E-state index in [0.29, 0.717) is 0 Å². The second kappa shape index (κ2) is 7.66. The van der Waals surface area contributed by atoms with Crippen molar-refractivity contribution in [2.75, 3.05) is 0 Å². The number of halogens is 6. The van der Waals surface area contributed by atoms with Crippen LogP contribution in [0.4, 0.5) is 13.2 Å². The van der Waals surface area contributed by atoms with E-state index in [9.17, 15) is 13.2 Å². The second-order valence-electron chi connectivity index (χ2n) is 0.781. The van der Waals surface area contributed by atoms with Crippen LogP contribution in [0.25, 0.3) is 0 Å². The van der Waals surface area contributed by atoms with Gasteiger partial charge < -0.3 is 37.2 Å². The van der Waals surface area contributed by atoms with Crippen molar-refractivity contribution in [3.05, 3.63) is 0 Å². The third kappa shape index (κ3) is 490. The summed E-state index contributed by atoms with van der Waals surface area (Å²) in [6.45, 7) is 0.188. The fourth-order valence-corrected chi connectivity index (χ4v) is 0. The van der Waals surface area contributed by atoms with Gasteiger partial charge in [0.1, 0.15) is 0 Å². The Morgan fingerprint density at radius 2 is 0.875 bits per heavy atom. The summed E-state index contributed by atoms with van der Waals surface area (Å²) in [5.74, 6) is 0. The van der Waals surface area contributed by atoms with Crippen LogP contribution in [0, 0.1) is 0 Å². The number of rotatable bonds is 0. The maximum atomic E-state index is 10.4. The fourth-order valence-electron chi connectivity index (χ4n) is 0. The van der Waals surface area contributed by atoms with Crippen molar-refractivity contribution in [2.45, 2.75) is 13.1 Å². The van der Waals surface area contributed by atoms with E-state index in [4.69, 9.17) is 0 Å². The van der Waals surface area contributed by atoms with Crippen molar-refractivity contribution in [2.24, 2.45) is 0 Å². The standard InChI is InChI=1S/C2H3F3.3ClH/c1-2(3,4)5;;;/h1H3;3*1H/p-3. The second-order valence-corrected chi connectivity index (χ2v) is 0.781. The number of alkyl halides is 3. The quantitative estimate of drug-likeness (QED) is 0.356. The summed E-state index contributed by atoms with van der Waals surface area (Å²) in [6, 6.07) is 0. The van der Waals surface area contributed by atoms with Gasteiger partial charge >= 0.3 is 6.18 Å². The van der Waals surface area contributed by atoms with Crippen LogP contribution >= 0.6 is 0 Å². The minimum atomic E-state index is -4.00. The Hall–Kier alpha value is 0.660. The van der Waals surface area contributed by atoms with Crippen molar-refractivity contribution in [1.82, 2.24) is 0 Å². The third-order valence-electron chi connectivity index (χ3n) is 0. The molecule has 0 atom stereocenters. The summed E-state index contributed by atoms with van der Waals surface area (Å²) in [5.41, 5.74) is 0. The van der Waals surface area contributed by atoms with E-state index in [2.05, 4.69) is 0 Å². The molecular formula is C2H3Cl3F3-3. The zero-order chi connectivity index (χ0) is 4.50. The molecule has 0 bridgehead atoms. The predicted molar refractivity (Wildman–Crippen MR) is 11.7 cm³/mol. The molecule has 0 aliphatic rings. The van der Waals surface area contributed by atoms with Gasteiger partial charge in [0.25, 0.3) is 0 Å². The smallest absolute Gasteiger partial charge is 0.386 e. The number of hydrogen-bond donors (Lipinski definition) is 0. The molecule has 0 aromatic heterocycles. The molecule has 0 aliphatic carbocycles. The van der Waals surface area contributed by atoms with Gasteiger partial charge in [0.2, 0.25) is 0 Å². The zero-order valence-electron chi connectivity index (χ0n) is 3.77. The van der Waals surface area contributed by atoms with Crippen LogP contribution in [-0.4, -0.2) is 6.18 Å². The Bertz CT molecular complexity index is 28.0. The van der Waals surface area contributed by atoms with Crippen LogP contribution in [0.5, 0.6) is 0 Å². The molecule has 0 rings (SSSR count). The maximum Gasteiger partial charge on any atom is 0.386 e. The van der Waals surface area contributed by atoms with Crippen molar-refractivity contribution in [3.8, 4) is 0 Å². The summed E-state index contributed by atoms with van der Waals surface area (Å²) in [7, 11) is 0. The predicted octanol–water partition coefficient (Wildman–Crippen LogP) is -7.42. The molecule has 0 nitrogen and oxygen atoms in total. The highest BCUT2D eigenvalue weighted by Gasteiger charge is 2.15. The molecule has 8 heavy (non-hydrogen) atoms. The van der Waals surface area contributed by atoms with E-state index < -0.39 is 6.18 Å². The summed E-state index contributed by atoms with van der Waals surface area (Å²) in [4.78, 5) is 0. The lowest BCUT2D eigenvalue weighted by molar-refractivity contribution is -0.110. The SMILES string of the molecule is CC(F)(F)F.[Cl-].[Cl-].[Cl-]. The Morgan fingerprint density at radius 1 is 0.875 bits per heavy atom. The molecule has 0 aromatic carbocycles. The van der Waals surface area contributed by atoms with E-state index in [-0.39, 0.29) is 44.1 Å². The van der Waals surface area contributed by atoms with Crippen LogP contribution in [0.1, 0.15) is 6.92 Å². The molecule has 6 heteroatoms. The highest BCUT2D eigenvalue weighted by atomic mass is 35.5. The van der Waals surface area contributed by atoms with Gasteiger partial charge in [-0.05, 0) is 0 Å². The van der Waals surface area contributed by atoms with Crippen LogP contribution in [0.2, 0.25) is 0 Å². The van der Waals surface area contributed by atoms with E-state index >= 15 is 0 Å². The normalized spacial score (nSPS) is 7.50. The van der Waals surface area contributed by atoms with Gasteiger partial charge in [0.05, 0.1) is 0 Å². The average molecular weight is 190 g/mol. The van der Waals surface area contributed by atoms with Crippen molar-refractivity contribution < 1.29 is 50.4 Å². The highest BCUT2D eigenvalue weighted by Crippen LogP contribution is 2.10. The molecule has 0 saturated heterocycles. The van der Waals surface area contributed by atoms with Gasteiger partial charge in [-0.3, -0.25) is 0 Å². The monoisotopic (exact) mass is 189 g/mol. The van der Waals surface area contributed by atoms with Gasteiger partial charge in [-0.25, -0.2) is 0 Å². The molecule has 0 amide bonds.